The Balaban J connectivity index is 1.82. The van der Waals surface area contributed by atoms with Crippen LogP contribution in [0.4, 0.5) is 5.82 Å². The Bertz CT molecular complexity index is 1100. The molecule has 0 unspecified atom stereocenters. The fourth-order valence-corrected chi connectivity index (χ4v) is 5.00. The van der Waals surface area contributed by atoms with Gasteiger partial charge in [0.1, 0.15) is 0 Å². The monoisotopic (exact) mass is 455 g/mol. The van der Waals surface area contributed by atoms with E-state index in [0.29, 0.717) is 10.0 Å². The fourth-order valence-electron chi connectivity index (χ4n) is 4.50. The Labute approximate surface area is 194 Å². The minimum absolute atomic E-state index is 0.0735. The van der Waals surface area contributed by atoms with Crippen LogP contribution in [0, 0.1) is 0 Å². The highest BCUT2D eigenvalue weighted by Gasteiger charge is 2.36. The Morgan fingerprint density at radius 1 is 1.03 bits per heavy atom. The number of methoxy groups -OCH3 is 1. The number of halogens is 2. The van der Waals surface area contributed by atoms with Gasteiger partial charge in [-0.2, -0.15) is 0 Å². The topological polar surface area (TPSA) is 38.2 Å². The first-order valence-corrected chi connectivity index (χ1v) is 11.4. The molecule has 1 aromatic heterocycles. The van der Waals surface area contributed by atoms with Crippen molar-refractivity contribution in [3.8, 4) is 11.3 Å². The minimum Gasteiger partial charge on any atom is -0.379 e. The van der Waals surface area contributed by atoms with Crippen molar-refractivity contribution in [1.82, 2.24) is 9.97 Å². The number of fused-ring (bicyclic) bond motifs is 1. The zero-order chi connectivity index (χ0) is 22.1. The Morgan fingerprint density at radius 2 is 1.77 bits per heavy atom. The lowest BCUT2D eigenvalue weighted by molar-refractivity contribution is 0.0889. The largest absolute Gasteiger partial charge is 0.379 e. The summed E-state index contributed by atoms with van der Waals surface area (Å²) in [6.45, 7) is 4.20. The van der Waals surface area contributed by atoms with Crippen LogP contribution in [0.5, 0.6) is 0 Å². The molecule has 0 saturated carbocycles. The molecular weight excluding hydrogens is 429 g/mol. The molecule has 1 aliphatic rings. The van der Waals surface area contributed by atoms with E-state index in [1.54, 1.807) is 13.2 Å². The van der Waals surface area contributed by atoms with Gasteiger partial charge in [-0.15, -0.1) is 0 Å². The fraction of sp³-hybridized carbons (Fsp3) is 0.360. The van der Waals surface area contributed by atoms with E-state index in [-0.39, 0.29) is 12.1 Å². The Morgan fingerprint density at radius 3 is 2.45 bits per heavy atom. The van der Waals surface area contributed by atoms with Crippen molar-refractivity contribution >= 4 is 29.0 Å². The van der Waals surface area contributed by atoms with E-state index in [1.807, 2.05) is 12.1 Å². The second kappa shape index (κ2) is 9.15. The highest BCUT2D eigenvalue weighted by molar-refractivity contribution is 6.36. The third-order valence-electron chi connectivity index (χ3n) is 6.08. The molecule has 0 saturated heterocycles. The van der Waals surface area contributed by atoms with E-state index >= 15 is 0 Å². The molecule has 6 heteroatoms. The molecule has 2 atom stereocenters. The first kappa shape index (κ1) is 22.1. The molecule has 162 valence electrons. The molecule has 31 heavy (non-hydrogen) atoms. The zero-order valence-electron chi connectivity index (χ0n) is 18.3. The Hall–Kier alpha value is -2.14. The van der Waals surface area contributed by atoms with Crippen LogP contribution in [0.25, 0.3) is 11.3 Å². The van der Waals surface area contributed by atoms with Gasteiger partial charge >= 0.3 is 0 Å². The van der Waals surface area contributed by atoms with Gasteiger partial charge in [0.25, 0.3) is 0 Å². The van der Waals surface area contributed by atoms with Gasteiger partial charge in [-0.1, -0.05) is 61.3 Å². The van der Waals surface area contributed by atoms with E-state index in [0.717, 1.165) is 47.7 Å². The smallest absolute Gasteiger partial charge is 0.151 e. The summed E-state index contributed by atoms with van der Waals surface area (Å²) in [6, 6.07) is 14.2. The maximum atomic E-state index is 6.51. The zero-order valence-corrected chi connectivity index (χ0v) is 19.8. The average Bonchev–Trinajstić information content (AvgIpc) is 3.16. The second-order valence-electron chi connectivity index (χ2n) is 7.85. The molecule has 1 heterocycles. The van der Waals surface area contributed by atoms with Gasteiger partial charge in [0.15, 0.2) is 5.82 Å². The number of aromatic nitrogens is 2. The molecule has 2 aromatic carbocycles. The third-order valence-corrected chi connectivity index (χ3v) is 6.62. The molecular formula is C25H27Cl2N3O. The number of nitrogens with zero attached hydrogens (tertiary/aromatic N) is 3. The van der Waals surface area contributed by atoms with Crippen molar-refractivity contribution in [3.63, 3.8) is 0 Å². The molecule has 0 bridgehead atoms. The number of benzene rings is 2. The normalized spacial score (nSPS) is 17.6. The number of aryl methyl sites for hydroxylation is 2. The van der Waals surface area contributed by atoms with Crippen molar-refractivity contribution in [3.05, 3.63) is 75.0 Å². The van der Waals surface area contributed by atoms with Gasteiger partial charge in [0.05, 0.1) is 34.3 Å². The molecule has 1 aliphatic carbocycles. The van der Waals surface area contributed by atoms with Gasteiger partial charge in [-0.25, -0.2) is 9.97 Å². The number of ether oxygens (including phenoxy) is 1. The van der Waals surface area contributed by atoms with E-state index in [2.05, 4.69) is 50.1 Å². The van der Waals surface area contributed by atoms with E-state index < -0.39 is 0 Å². The predicted molar refractivity (Wildman–Crippen MR) is 128 cm³/mol. The molecule has 3 aromatic rings. The van der Waals surface area contributed by atoms with E-state index in [1.165, 1.54) is 11.1 Å². The summed E-state index contributed by atoms with van der Waals surface area (Å²) in [5.74, 6) is 0.900. The summed E-state index contributed by atoms with van der Waals surface area (Å²) in [6.07, 6.45) is 2.49. The summed E-state index contributed by atoms with van der Waals surface area (Å²) < 4.78 is 5.88. The summed E-state index contributed by atoms with van der Waals surface area (Å²) in [5.41, 5.74) is 6.18. The van der Waals surface area contributed by atoms with Crippen molar-refractivity contribution in [1.29, 1.82) is 0 Å². The van der Waals surface area contributed by atoms with Crippen molar-refractivity contribution < 1.29 is 4.74 Å². The summed E-state index contributed by atoms with van der Waals surface area (Å²) in [7, 11) is 3.88. The molecule has 0 fully saturated rings. The van der Waals surface area contributed by atoms with Gasteiger partial charge in [-0.05, 0) is 42.2 Å². The summed E-state index contributed by atoms with van der Waals surface area (Å²) in [5, 5.41) is 1.20. The van der Waals surface area contributed by atoms with Crippen molar-refractivity contribution in [2.75, 3.05) is 19.1 Å². The minimum atomic E-state index is 0.0735. The van der Waals surface area contributed by atoms with Crippen LogP contribution in [0.2, 0.25) is 10.0 Å². The molecule has 4 nitrogen and oxygen atoms in total. The number of hydrogen-bond acceptors (Lipinski definition) is 4. The van der Waals surface area contributed by atoms with Crippen LogP contribution >= 0.6 is 23.2 Å². The van der Waals surface area contributed by atoms with Crippen molar-refractivity contribution in [2.45, 2.75) is 45.3 Å². The van der Waals surface area contributed by atoms with E-state index in [9.17, 15) is 0 Å². The number of anilines is 1. The standard InChI is InChI=1S/C25H27Cl2N3O/c1-5-20-23(18-12-11-16(26)14-19(18)27)28-21(6-2)25(29-20)30(3)24-17-10-8-7-9-15(17)13-22(24)31-4/h7-12,14,22,24H,5-6,13H2,1-4H3/t22-,24-/m0/s1. The summed E-state index contributed by atoms with van der Waals surface area (Å²) in [4.78, 5) is 12.4. The Kier molecular flexibility index (Phi) is 6.52. The lowest BCUT2D eigenvalue weighted by Crippen LogP contribution is -2.34. The maximum Gasteiger partial charge on any atom is 0.151 e. The van der Waals surface area contributed by atoms with Crippen LogP contribution in [-0.2, 0) is 24.0 Å². The quantitative estimate of drug-likeness (QED) is 0.435. The van der Waals surface area contributed by atoms with Crippen LogP contribution in [0.3, 0.4) is 0 Å². The van der Waals surface area contributed by atoms with Crippen LogP contribution in [-0.4, -0.2) is 30.2 Å². The lowest BCUT2D eigenvalue weighted by atomic mass is 10.0. The second-order valence-corrected chi connectivity index (χ2v) is 8.70. The van der Waals surface area contributed by atoms with Crippen LogP contribution in [0.15, 0.2) is 42.5 Å². The third kappa shape index (κ3) is 4.05. The number of rotatable bonds is 6. The van der Waals surface area contributed by atoms with Gasteiger partial charge in [0, 0.05) is 31.2 Å². The molecule has 0 spiro atoms. The highest BCUT2D eigenvalue weighted by Crippen LogP contribution is 2.40. The first-order chi connectivity index (χ1) is 15.0. The SMILES string of the molecule is CCc1nc(N(C)[C@H]2c3ccccc3C[C@@H]2OC)c(CC)nc1-c1ccc(Cl)cc1Cl. The highest BCUT2D eigenvalue weighted by atomic mass is 35.5. The average molecular weight is 456 g/mol. The van der Waals surface area contributed by atoms with Crippen LogP contribution < -0.4 is 4.90 Å². The first-order valence-electron chi connectivity index (χ1n) is 10.7. The van der Waals surface area contributed by atoms with Crippen LogP contribution in [0.1, 0.15) is 42.4 Å². The van der Waals surface area contributed by atoms with Gasteiger partial charge in [0.2, 0.25) is 0 Å². The molecule has 0 N–H and O–H groups in total. The van der Waals surface area contributed by atoms with Gasteiger partial charge in [-0.3, -0.25) is 0 Å². The molecule has 4 rings (SSSR count). The number of likely N-dealkylation sites (N-methyl/N-ethyl adjacent to an activating group) is 1. The maximum absolute atomic E-state index is 6.51. The van der Waals surface area contributed by atoms with Crippen molar-refractivity contribution in [2.24, 2.45) is 0 Å². The molecule has 0 aliphatic heterocycles. The number of hydrogen-bond donors (Lipinski definition) is 0. The molecule has 0 radical (unpaired) electrons. The molecule has 0 amide bonds. The predicted octanol–water partition coefficient (Wildman–Crippen LogP) is 6.32. The van der Waals surface area contributed by atoms with Gasteiger partial charge < -0.3 is 9.64 Å². The summed E-state index contributed by atoms with van der Waals surface area (Å²) >= 11 is 12.6. The van der Waals surface area contributed by atoms with E-state index in [4.69, 9.17) is 37.9 Å². The lowest BCUT2D eigenvalue weighted by Gasteiger charge is -2.32.